The molecule has 27 heavy (non-hydrogen) atoms. The summed E-state index contributed by atoms with van der Waals surface area (Å²) < 4.78 is 11.1. The molecule has 1 amide bonds. The van der Waals surface area contributed by atoms with Gasteiger partial charge in [0.15, 0.2) is 0 Å². The molecule has 154 valence electrons. The third kappa shape index (κ3) is 7.44. The van der Waals surface area contributed by atoms with Crippen LogP contribution in [0, 0.1) is 0 Å². The molecule has 2 N–H and O–H groups in total. The largest absolute Gasteiger partial charge is 0.491 e. The predicted molar refractivity (Wildman–Crippen MR) is 108 cm³/mol. The zero-order valence-corrected chi connectivity index (χ0v) is 16.9. The molecule has 9 heteroatoms. The summed E-state index contributed by atoms with van der Waals surface area (Å²) >= 11 is 0. The van der Waals surface area contributed by atoms with Crippen LogP contribution >= 0.6 is 24.8 Å². The maximum absolute atomic E-state index is 12.4. The molecule has 2 aliphatic heterocycles. The van der Waals surface area contributed by atoms with Crippen LogP contribution in [0.25, 0.3) is 0 Å². The Balaban J connectivity index is 0.00000182. The Hall–Kier alpha value is -1.09. The molecule has 2 unspecified atom stereocenters. The third-order valence-corrected chi connectivity index (χ3v) is 4.54. The van der Waals surface area contributed by atoms with Crippen molar-refractivity contribution in [1.82, 2.24) is 15.1 Å². The number of hydrogen-bond donors (Lipinski definition) is 2. The van der Waals surface area contributed by atoms with Crippen LogP contribution < -0.4 is 10.1 Å². The van der Waals surface area contributed by atoms with Crippen molar-refractivity contribution >= 4 is 30.7 Å². The number of aliphatic hydroxyl groups is 1. The number of halogens is 2. The van der Waals surface area contributed by atoms with Gasteiger partial charge in [0.1, 0.15) is 24.6 Å². The Morgan fingerprint density at radius 2 is 1.93 bits per heavy atom. The van der Waals surface area contributed by atoms with Crippen LogP contribution in [0.3, 0.4) is 0 Å². The number of carbonyl (C=O) groups excluding carboxylic acids is 1. The average molecular weight is 422 g/mol. The van der Waals surface area contributed by atoms with Crippen molar-refractivity contribution in [2.45, 2.75) is 12.2 Å². The number of amides is 1. The van der Waals surface area contributed by atoms with Crippen molar-refractivity contribution in [3.63, 3.8) is 0 Å². The van der Waals surface area contributed by atoms with Crippen LogP contribution in [0.2, 0.25) is 0 Å². The maximum atomic E-state index is 12.4. The summed E-state index contributed by atoms with van der Waals surface area (Å²) in [5.74, 6) is 0.831. The number of benzene rings is 1. The van der Waals surface area contributed by atoms with E-state index in [1.807, 2.05) is 35.2 Å². The van der Waals surface area contributed by atoms with Gasteiger partial charge in [0, 0.05) is 45.8 Å². The number of rotatable bonds is 6. The van der Waals surface area contributed by atoms with E-state index < -0.39 is 6.10 Å². The maximum Gasteiger partial charge on any atom is 0.253 e. The molecule has 2 heterocycles. The molecule has 2 aliphatic rings. The van der Waals surface area contributed by atoms with Gasteiger partial charge < -0.3 is 24.8 Å². The molecule has 2 fully saturated rings. The molecule has 0 saturated carbocycles. The fourth-order valence-corrected chi connectivity index (χ4v) is 3.14. The SMILES string of the molecule is Cl.Cl.O=C(C1CNCCO1)N1CCN(CC(O)COc2ccccc2)CC1. The highest BCUT2D eigenvalue weighted by molar-refractivity contribution is 5.85. The molecular weight excluding hydrogens is 393 g/mol. The summed E-state index contributed by atoms with van der Waals surface area (Å²) in [7, 11) is 0. The molecule has 1 aromatic rings. The van der Waals surface area contributed by atoms with Crippen molar-refractivity contribution in [3.05, 3.63) is 30.3 Å². The van der Waals surface area contributed by atoms with E-state index in [9.17, 15) is 9.90 Å². The summed E-state index contributed by atoms with van der Waals surface area (Å²) in [5.41, 5.74) is 0. The first-order valence-corrected chi connectivity index (χ1v) is 8.92. The van der Waals surface area contributed by atoms with Gasteiger partial charge in [-0.05, 0) is 12.1 Å². The van der Waals surface area contributed by atoms with E-state index in [2.05, 4.69) is 10.2 Å². The van der Waals surface area contributed by atoms with Gasteiger partial charge in [0.05, 0.1) is 6.61 Å². The van der Waals surface area contributed by atoms with Gasteiger partial charge in [0.25, 0.3) is 5.91 Å². The highest BCUT2D eigenvalue weighted by Gasteiger charge is 2.29. The van der Waals surface area contributed by atoms with Gasteiger partial charge >= 0.3 is 0 Å². The van der Waals surface area contributed by atoms with Gasteiger partial charge in [-0.25, -0.2) is 0 Å². The van der Waals surface area contributed by atoms with Crippen LogP contribution in [0.4, 0.5) is 0 Å². The first-order chi connectivity index (χ1) is 12.2. The highest BCUT2D eigenvalue weighted by Crippen LogP contribution is 2.10. The predicted octanol–water partition coefficient (Wildman–Crippen LogP) is 0.403. The zero-order chi connectivity index (χ0) is 17.5. The minimum atomic E-state index is -0.548. The number of nitrogens with one attached hydrogen (secondary N) is 1. The molecule has 7 nitrogen and oxygen atoms in total. The lowest BCUT2D eigenvalue weighted by atomic mass is 10.2. The minimum Gasteiger partial charge on any atom is -0.491 e. The van der Waals surface area contributed by atoms with E-state index in [0.29, 0.717) is 32.8 Å². The number of ether oxygens (including phenoxy) is 2. The van der Waals surface area contributed by atoms with E-state index in [1.54, 1.807) is 0 Å². The standard InChI is InChI=1S/C18H27N3O4.2ClH/c22-15(14-25-16-4-2-1-3-5-16)13-20-7-9-21(10-8-20)18(23)17-12-19-6-11-24-17;;/h1-5,15,17,19,22H,6-14H2;2*1H. The van der Waals surface area contributed by atoms with Crippen LogP contribution in [-0.4, -0.2) is 92.0 Å². The highest BCUT2D eigenvalue weighted by atomic mass is 35.5. The number of β-amino-alcohol motifs (C(OH)–C–C–N with tert-alkyl or cyclic N) is 1. The minimum absolute atomic E-state index is 0. The van der Waals surface area contributed by atoms with E-state index >= 15 is 0 Å². The Kier molecular flexibility index (Phi) is 11.0. The van der Waals surface area contributed by atoms with Crippen molar-refractivity contribution in [1.29, 1.82) is 0 Å². The van der Waals surface area contributed by atoms with Gasteiger partial charge in [-0.2, -0.15) is 0 Å². The second-order valence-electron chi connectivity index (χ2n) is 6.47. The van der Waals surface area contributed by atoms with Crippen LogP contribution in [0.5, 0.6) is 5.75 Å². The Morgan fingerprint density at radius 1 is 1.22 bits per heavy atom. The summed E-state index contributed by atoms with van der Waals surface area (Å²) in [4.78, 5) is 16.4. The van der Waals surface area contributed by atoms with E-state index in [0.717, 1.165) is 25.4 Å². The number of para-hydroxylation sites is 1. The lowest BCUT2D eigenvalue weighted by molar-refractivity contribution is -0.147. The van der Waals surface area contributed by atoms with E-state index in [1.165, 1.54) is 0 Å². The van der Waals surface area contributed by atoms with Crippen LogP contribution in [0.1, 0.15) is 0 Å². The smallest absolute Gasteiger partial charge is 0.253 e. The molecule has 0 aliphatic carbocycles. The second kappa shape index (κ2) is 12.4. The average Bonchev–Trinajstić information content (AvgIpc) is 2.68. The second-order valence-corrected chi connectivity index (χ2v) is 6.47. The number of morpholine rings is 1. The fourth-order valence-electron chi connectivity index (χ4n) is 3.14. The Bertz CT molecular complexity index is 539. The fraction of sp³-hybridized carbons (Fsp3) is 0.611. The topological polar surface area (TPSA) is 74.3 Å². The first-order valence-electron chi connectivity index (χ1n) is 8.92. The Morgan fingerprint density at radius 3 is 2.56 bits per heavy atom. The number of nitrogens with zero attached hydrogens (tertiary/aromatic N) is 2. The van der Waals surface area contributed by atoms with E-state index in [4.69, 9.17) is 9.47 Å². The Labute approximate surface area is 172 Å². The molecule has 1 aromatic carbocycles. The van der Waals surface area contributed by atoms with Crippen LogP contribution in [0.15, 0.2) is 30.3 Å². The molecular formula is C18H29Cl2N3O4. The molecule has 0 aromatic heterocycles. The normalized spacial score (nSPS) is 21.5. The van der Waals surface area contributed by atoms with Crippen molar-refractivity contribution < 1.29 is 19.4 Å². The molecule has 3 rings (SSSR count). The van der Waals surface area contributed by atoms with Crippen molar-refractivity contribution in [2.75, 3.05) is 59.0 Å². The summed E-state index contributed by atoms with van der Waals surface area (Å²) in [6, 6.07) is 9.49. The summed E-state index contributed by atoms with van der Waals surface area (Å²) in [6.45, 7) is 5.67. The number of carbonyl (C=O) groups is 1. The molecule has 0 spiro atoms. The number of aliphatic hydroxyl groups excluding tert-OH is 1. The lowest BCUT2D eigenvalue weighted by Crippen LogP contribution is -2.56. The van der Waals surface area contributed by atoms with Gasteiger partial charge in [0.2, 0.25) is 0 Å². The molecule has 2 atom stereocenters. The lowest BCUT2D eigenvalue weighted by Gasteiger charge is -2.37. The molecule has 0 bridgehead atoms. The molecule has 2 saturated heterocycles. The monoisotopic (exact) mass is 421 g/mol. The van der Waals surface area contributed by atoms with Crippen molar-refractivity contribution in [3.8, 4) is 5.75 Å². The summed E-state index contributed by atoms with van der Waals surface area (Å²) in [6.07, 6.45) is -0.904. The molecule has 0 radical (unpaired) electrons. The van der Waals surface area contributed by atoms with Gasteiger partial charge in [-0.15, -0.1) is 24.8 Å². The van der Waals surface area contributed by atoms with Crippen molar-refractivity contribution in [2.24, 2.45) is 0 Å². The van der Waals surface area contributed by atoms with E-state index in [-0.39, 0.29) is 43.4 Å². The number of piperazine rings is 1. The summed E-state index contributed by atoms with van der Waals surface area (Å²) in [5, 5.41) is 13.4. The number of hydrogen-bond acceptors (Lipinski definition) is 6. The zero-order valence-electron chi connectivity index (χ0n) is 15.3. The quantitative estimate of drug-likeness (QED) is 0.692. The first kappa shape index (κ1) is 23.9. The third-order valence-electron chi connectivity index (χ3n) is 4.54. The van der Waals surface area contributed by atoms with Crippen LogP contribution in [-0.2, 0) is 9.53 Å². The van der Waals surface area contributed by atoms with Gasteiger partial charge in [-0.3, -0.25) is 9.69 Å². The van der Waals surface area contributed by atoms with Gasteiger partial charge in [-0.1, -0.05) is 18.2 Å².